The average molecular weight is 261 g/mol. The van der Waals surface area contributed by atoms with E-state index in [2.05, 4.69) is 21.2 Å². The Hall–Kier alpha value is -0.450. The van der Waals surface area contributed by atoms with Gasteiger partial charge in [-0.1, -0.05) is 22.0 Å². The summed E-state index contributed by atoms with van der Waals surface area (Å²) in [5.41, 5.74) is 6.10. The Morgan fingerprint density at radius 3 is 2.86 bits per heavy atom. The van der Waals surface area contributed by atoms with Crippen LogP contribution < -0.4 is 11.1 Å². The van der Waals surface area contributed by atoms with Crippen molar-refractivity contribution in [3.05, 3.63) is 34.1 Å². The van der Waals surface area contributed by atoms with Crippen LogP contribution in [0, 0.1) is 5.82 Å². The number of nitrogens with two attached hydrogens (primary N) is 1. The third kappa shape index (κ3) is 3.36. The first-order chi connectivity index (χ1) is 6.63. The highest BCUT2D eigenvalue weighted by Gasteiger charge is 2.03. The third-order valence-corrected chi connectivity index (χ3v) is 2.50. The predicted molar refractivity (Wildman–Crippen MR) is 59.5 cm³/mol. The van der Waals surface area contributed by atoms with Crippen LogP contribution in [0.5, 0.6) is 0 Å². The molecule has 3 N–H and O–H groups in total. The Labute approximate surface area is 91.8 Å². The smallest absolute Gasteiger partial charge is 0.128 e. The van der Waals surface area contributed by atoms with Crippen LogP contribution in [-0.2, 0) is 6.54 Å². The quantitative estimate of drug-likeness (QED) is 0.870. The average Bonchev–Trinajstić information content (AvgIpc) is 2.16. The first kappa shape index (κ1) is 11.6. The standard InChI is InChI=1S/C10H14BrFN2/c1-7(5-13)14-6-8-2-3-9(11)4-10(8)12/h2-4,7,14H,5-6,13H2,1H3. The van der Waals surface area contributed by atoms with E-state index in [4.69, 9.17) is 5.73 Å². The number of hydrogen-bond donors (Lipinski definition) is 2. The molecule has 0 amide bonds. The van der Waals surface area contributed by atoms with E-state index in [0.717, 1.165) is 4.47 Å². The molecule has 0 heterocycles. The number of rotatable bonds is 4. The minimum Gasteiger partial charge on any atom is -0.329 e. The van der Waals surface area contributed by atoms with Crippen LogP contribution in [0.15, 0.2) is 22.7 Å². The Bertz CT molecular complexity index is 304. The fourth-order valence-electron chi connectivity index (χ4n) is 1.03. The fraction of sp³-hybridized carbons (Fsp3) is 0.400. The van der Waals surface area contributed by atoms with E-state index in [0.29, 0.717) is 18.7 Å². The Kier molecular flexibility index (Phi) is 4.51. The van der Waals surface area contributed by atoms with Gasteiger partial charge in [0, 0.05) is 29.2 Å². The van der Waals surface area contributed by atoms with Crippen molar-refractivity contribution in [1.29, 1.82) is 0 Å². The molecule has 0 bridgehead atoms. The lowest BCUT2D eigenvalue weighted by Crippen LogP contribution is -2.32. The second-order valence-corrected chi connectivity index (χ2v) is 4.17. The third-order valence-electron chi connectivity index (χ3n) is 2.01. The summed E-state index contributed by atoms with van der Waals surface area (Å²) in [6.45, 7) is 3.03. The highest BCUT2D eigenvalue weighted by atomic mass is 79.9. The number of hydrogen-bond acceptors (Lipinski definition) is 2. The molecule has 0 aliphatic carbocycles. The molecule has 4 heteroatoms. The van der Waals surface area contributed by atoms with Crippen LogP contribution >= 0.6 is 15.9 Å². The van der Waals surface area contributed by atoms with Crippen molar-refractivity contribution in [2.24, 2.45) is 5.73 Å². The van der Waals surface area contributed by atoms with Gasteiger partial charge >= 0.3 is 0 Å². The normalized spacial score (nSPS) is 12.9. The van der Waals surface area contributed by atoms with Gasteiger partial charge in [0.15, 0.2) is 0 Å². The molecule has 0 aliphatic heterocycles. The zero-order valence-corrected chi connectivity index (χ0v) is 9.64. The largest absolute Gasteiger partial charge is 0.329 e. The summed E-state index contributed by atoms with van der Waals surface area (Å²) in [7, 11) is 0. The summed E-state index contributed by atoms with van der Waals surface area (Å²) in [5.74, 6) is -0.198. The van der Waals surface area contributed by atoms with Gasteiger partial charge in [0.1, 0.15) is 5.82 Å². The van der Waals surface area contributed by atoms with E-state index in [9.17, 15) is 4.39 Å². The maximum atomic E-state index is 13.3. The van der Waals surface area contributed by atoms with Crippen LogP contribution in [-0.4, -0.2) is 12.6 Å². The topological polar surface area (TPSA) is 38.0 Å². The first-order valence-corrected chi connectivity index (χ1v) is 5.30. The summed E-state index contributed by atoms with van der Waals surface area (Å²) < 4.78 is 14.1. The maximum absolute atomic E-state index is 13.3. The van der Waals surface area contributed by atoms with E-state index >= 15 is 0 Å². The van der Waals surface area contributed by atoms with Crippen molar-refractivity contribution in [2.45, 2.75) is 19.5 Å². The Balaban J connectivity index is 2.59. The molecule has 0 saturated heterocycles. The summed E-state index contributed by atoms with van der Waals surface area (Å²) in [6, 6.07) is 5.26. The molecule has 0 aliphatic rings. The molecule has 78 valence electrons. The molecule has 0 spiro atoms. The van der Waals surface area contributed by atoms with Crippen LogP contribution in [0.3, 0.4) is 0 Å². The monoisotopic (exact) mass is 260 g/mol. The van der Waals surface area contributed by atoms with Crippen molar-refractivity contribution in [1.82, 2.24) is 5.32 Å². The minimum atomic E-state index is -0.198. The molecular weight excluding hydrogens is 247 g/mol. The minimum absolute atomic E-state index is 0.198. The lowest BCUT2D eigenvalue weighted by atomic mass is 10.2. The van der Waals surface area contributed by atoms with Gasteiger partial charge in [-0.05, 0) is 19.1 Å². The zero-order chi connectivity index (χ0) is 10.6. The molecule has 1 aromatic rings. The van der Waals surface area contributed by atoms with E-state index in [-0.39, 0.29) is 11.9 Å². The van der Waals surface area contributed by atoms with Gasteiger partial charge in [-0.25, -0.2) is 4.39 Å². The Morgan fingerprint density at radius 2 is 2.29 bits per heavy atom. The zero-order valence-electron chi connectivity index (χ0n) is 8.06. The summed E-state index contributed by atoms with van der Waals surface area (Å²) in [4.78, 5) is 0. The Morgan fingerprint density at radius 1 is 1.57 bits per heavy atom. The fourth-order valence-corrected chi connectivity index (χ4v) is 1.37. The van der Waals surface area contributed by atoms with Gasteiger partial charge in [0.25, 0.3) is 0 Å². The molecule has 1 unspecified atom stereocenters. The molecule has 1 aromatic carbocycles. The van der Waals surface area contributed by atoms with Crippen LogP contribution in [0.25, 0.3) is 0 Å². The lowest BCUT2D eigenvalue weighted by Gasteiger charge is -2.11. The van der Waals surface area contributed by atoms with Crippen molar-refractivity contribution in [3.63, 3.8) is 0 Å². The van der Waals surface area contributed by atoms with E-state index in [1.165, 1.54) is 6.07 Å². The van der Waals surface area contributed by atoms with Crippen molar-refractivity contribution < 1.29 is 4.39 Å². The van der Waals surface area contributed by atoms with E-state index in [1.807, 2.05) is 13.0 Å². The predicted octanol–water partition coefficient (Wildman–Crippen LogP) is 2.03. The molecular formula is C10H14BrFN2. The second-order valence-electron chi connectivity index (χ2n) is 3.25. The molecule has 2 nitrogen and oxygen atoms in total. The van der Waals surface area contributed by atoms with Gasteiger partial charge < -0.3 is 11.1 Å². The molecule has 0 radical (unpaired) electrons. The van der Waals surface area contributed by atoms with Gasteiger partial charge in [-0.2, -0.15) is 0 Å². The van der Waals surface area contributed by atoms with E-state index in [1.54, 1.807) is 6.07 Å². The van der Waals surface area contributed by atoms with Crippen molar-refractivity contribution in [3.8, 4) is 0 Å². The van der Waals surface area contributed by atoms with Crippen molar-refractivity contribution in [2.75, 3.05) is 6.54 Å². The van der Waals surface area contributed by atoms with Crippen LogP contribution in [0.1, 0.15) is 12.5 Å². The van der Waals surface area contributed by atoms with Crippen molar-refractivity contribution >= 4 is 15.9 Å². The van der Waals surface area contributed by atoms with Gasteiger partial charge in [0.2, 0.25) is 0 Å². The SMILES string of the molecule is CC(CN)NCc1ccc(Br)cc1F. The summed E-state index contributed by atoms with van der Waals surface area (Å²) >= 11 is 3.21. The van der Waals surface area contributed by atoms with Crippen LogP contribution in [0.2, 0.25) is 0 Å². The van der Waals surface area contributed by atoms with Gasteiger partial charge in [0.05, 0.1) is 0 Å². The lowest BCUT2D eigenvalue weighted by molar-refractivity contribution is 0.533. The molecule has 0 fully saturated rings. The molecule has 1 rings (SSSR count). The van der Waals surface area contributed by atoms with Crippen LogP contribution in [0.4, 0.5) is 4.39 Å². The molecule has 14 heavy (non-hydrogen) atoms. The van der Waals surface area contributed by atoms with Gasteiger partial charge in [-0.3, -0.25) is 0 Å². The van der Waals surface area contributed by atoms with E-state index < -0.39 is 0 Å². The summed E-state index contributed by atoms with van der Waals surface area (Å²) in [6.07, 6.45) is 0. The first-order valence-electron chi connectivity index (χ1n) is 4.51. The molecule has 0 saturated carbocycles. The number of nitrogens with one attached hydrogen (secondary N) is 1. The van der Waals surface area contributed by atoms with Gasteiger partial charge in [-0.15, -0.1) is 0 Å². The highest BCUT2D eigenvalue weighted by Crippen LogP contribution is 2.14. The number of benzene rings is 1. The molecule has 1 atom stereocenters. The maximum Gasteiger partial charge on any atom is 0.128 e. The highest BCUT2D eigenvalue weighted by molar-refractivity contribution is 9.10. The second kappa shape index (κ2) is 5.44. The number of halogens is 2. The summed E-state index contributed by atoms with van der Waals surface area (Å²) in [5, 5.41) is 3.13. The molecule has 0 aromatic heterocycles.